The van der Waals surface area contributed by atoms with E-state index >= 15 is 0 Å². The number of carbonyl (C=O) groups excluding carboxylic acids is 2. The van der Waals surface area contributed by atoms with Crippen LogP contribution in [-0.4, -0.2) is 30.1 Å². The van der Waals surface area contributed by atoms with Crippen LogP contribution in [0, 0.1) is 12.7 Å². The Morgan fingerprint density at radius 2 is 2.26 bits per heavy atom. The van der Waals surface area contributed by atoms with Crippen LogP contribution >= 0.6 is 0 Å². The number of amides is 1. The number of hydrogen-bond acceptors (Lipinski definition) is 4. The molecule has 0 aliphatic carbocycles. The zero-order chi connectivity index (χ0) is 14.4. The number of rotatable bonds is 6. The fourth-order valence-electron chi connectivity index (χ4n) is 1.70. The molecule has 0 aromatic heterocycles. The number of aliphatic hydroxyl groups excluding tert-OH is 1. The zero-order valence-corrected chi connectivity index (χ0v) is 10.7. The largest absolute Gasteiger partial charge is 0.464 e. The highest BCUT2D eigenvalue weighted by Gasteiger charge is 2.30. The number of aliphatic hydroxyl groups is 1. The maximum absolute atomic E-state index is 13.2. The van der Waals surface area contributed by atoms with Gasteiger partial charge in [-0.15, -0.1) is 0 Å². The molecule has 19 heavy (non-hydrogen) atoms. The van der Waals surface area contributed by atoms with Crippen LogP contribution < -0.4 is 5.32 Å². The minimum absolute atomic E-state index is 0.116. The number of halogens is 1. The summed E-state index contributed by atoms with van der Waals surface area (Å²) in [6.45, 7) is 3.39. The van der Waals surface area contributed by atoms with Gasteiger partial charge in [-0.1, -0.05) is 6.07 Å². The molecule has 0 bridgehead atoms. The number of ether oxygens (including phenoxy) is 1. The average molecular weight is 269 g/mol. The van der Waals surface area contributed by atoms with Crippen LogP contribution in [0.4, 0.5) is 4.39 Å². The molecular formula is C13H16FNO4. The molecule has 0 spiro atoms. The van der Waals surface area contributed by atoms with E-state index in [9.17, 15) is 19.1 Å². The summed E-state index contributed by atoms with van der Waals surface area (Å²) in [6, 6.07) is 2.59. The summed E-state index contributed by atoms with van der Waals surface area (Å²) in [5.74, 6) is -1.31. The second-order valence-electron chi connectivity index (χ2n) is 3.96. The molecule has 0 aliphatic rings. The van der Waals surface area contributed by atoms with E-state index in [0.717, 1.165) is 6.07 Å². The summed E-state index contributed by atoms with van der Waals surface area (Å²) in [5, 5.41) is 12.3. The van der Waals surface area contributed by atoms with Crippen molar-refractivity contribution in [1.82, 2.24) is 5.32 Å². The van der Waals surface area contributed by atoms with E-state index in [1.807, 2.05) is 0 Å². The molecule has 0 aliphatic heterocycles. The molecule has 0 fully saturated rings. The lowest BCUT2D eigenvalue weighted by Crippen LogP contribution is -2.42. The molecule has 1 amide bonds. The average Bonchev–Trinajstić information content (AvgIpc) is 2.38. The van der Waals surface area contributed by atoms with Crippen molar-refractivity contribution in [1.29, 1.82) is 0 Å². The van der Waals surface area contributed by atoms with Crippen molar-refractivity contribution in [3.05, 3.63) is 35.1 Å². The monoisotopic (exact) mass is 269 g/mol. The number of carbonyl (C=O) groups is 2. The van der Waals surface area contributed by atoms with Crippen LogP contribution in [0.3, 0.4) is 0 Å². The van der Waals surface area contributed by atoms with Gasteiger partial charge >= 0.3 is 5.97 Å². The summed E-state index contributed by atoms with van der Waals surface area (Å²) in [5.41, 5.74) is 0.836. The minimum Gasteiger partial charge on any atom is -0.464 e. The molecule has 2 N–H and O–H groups in total. The highest BCUT2D eigenvalue weighted by Crippen LogP contribution is 2.22. The lowest BCUT2D eigenvalue weighted by Gasteiger charge is -2.22. The lowest BCUT2D eigenvalue weighted by molar-refractivity contribution is -0.149. The van der Waals surface area contributed by atoms with Gasteiger partial charge in [-0.2, -0.15) is 0 Å². The van der Waals surface area contributed by atoms with Gasteiger partial charge in [0.15, 0.2) is 6.04 Å². The minimum atomic E-state index is -1.38. The quantitative estimate of drug-likeness (QED) is 0.593. The number of esters is 1. The standard InChI is InChI=1S/C13H16FNO4/c1-3-19-13(18)11(15-7-16)12(17)10-6-9(14)5-4-8(10)2/h4-7,11-12,17H,3H2,1-2H3,(H,15,16). The molecular weight excluding hydrogens is 253 g/mol. The summed E-state index contributed by atoms with van der Waals surface area (Å²) in [6.07, 6.45) is -1.08. The molecule has 1 aromatic carbocycles. The van der Waals surface area contributed by atoms with Crippen LogP contribution in [0.1, 0.15) is 24.2 Å². The van der Waals surface area contributed by atoms with Crippen molar-refractivity contribution in [2.75, 3.05) is 6.61 Å². The molecule has 0 heterocycles. The van der Waals surface area contributed by atoms with Crippen LogP contribution in [-0.2, 0) is 14.3 Å². The SMILES string of the molecule is CCOC(=O)C(NC=O)C(O)c1cc(F)ccc1C. The molecule has 0 radical (unpaired) electrons. The van der Waals surface area contributed by atoms with Gasteiger partial charge in [-0.05, 0) is 37.1 Å². The first-order chi connectivity index (χ1) is 9.01. The lowest BCUT2D eigenvalue weighted by atomic mass is 9.98. The van der Waals surface area contributed by atoms with Crippen molar-refractivity contribution >= 4 is 12.4 Å². The topological polar surface area (TPSA) is 75.6 Å². The van der Waals surface area contributed by atoms with Gasteiger partial charge in [-0.3, -0.25) is 4.79 Å². The number of aryl methyl sites for hydroxylation is 1. The Bertz CT molecular complexity index is 464. The Balaban J connectivity index is 3.04. The maximum Gasteiger partial charge on any atom is 0.331 e. The van der Waals surface area contributed by atoms with Gasteiger partial charge in [0.25, 0.3) is 0 Å². The van der Waals surface area contributed by atoms with E-state index in [-0.39, 0.29) is 12.2 Å². The van der Waals surface area contributed by atoms with E-state index in [0.29, 0.717) is 12.0 Å². The van der Waals surface area contributed by atoms with Gasteiger partial charge in [0.2, 0.25) is 6.41 Å². The second-order valence-corrected chi connectivity index (χ2v) is 3.96. The highest BCUT2D eigenvalue weighted by molar-refractivity contribution is 5.79. The fraction of sp³-hybridized carbons (Fsp3) is 0.385. The van der Waals surface area contributed by atoms with Crippen molar-refractivity contribution < 1.29 is 23.8 Å². The van der Waals surface area contributed by atoms with E-state index in [2.05, 4.69) is 5.32 Å². The van der Waals surface area contributed by atoms with E-state index in [1.54, 1.807) is 13.8 Å². The number of nitrogens with one attached hydrogen (secondary N) is 1. The normalized spacial score (nSPS) is 13.5. The maximum atomic E-state index is 13.2. The van der Waals surface area contributed by atoms with Gasteiger partial charge in [0.05, 0.1) is 6.61 Å². The zero-order valence-electron chi connectivity index (χ0n) is 10.7. The van der Waals surface area contributed by atoms with Crippen LogP contribution in [0.2, 0.25) is 0 Å². The van der Waals surface area contributed by atoms with Gasteiger partial charge in [-0.25, -0.2) is 9.18 Å². The van der Waals surface area contributed by atoms with Crippen molar-refractivity contribution in [2.45, 2.75) is 26.0 Å². The Morgan fingerprint density at radius 1 is 1.58 bits per heavy atom. The molecule has 2 atom stereocenters. The van der Waals surface area contributed by atoms with Crippen LogP contribution in [0.5, 0.6) is 0 Å². The van der Waals surface area contributed by atoms with E-state index < -0.39 is 23.9 Å². The first-order valence-electron chi connectivity index (χ1n) is 5.81. The smallest absolute Gasteiger partial charge is 0.331 e. The third-order valence-electron chi connectivity index (χ3n) is 2.66. The fourth-order valence-corrected chi connectivity index (χ4v) is 1.70. The summed E-state index contributed by atoms with van der Waals surface area (Å²) in [4.78, 5) is 22.2. The number of hydrogen-bond donors (Lipinski definition) is 2. The summed E-state index contributed by atoms with van der Waals surface area (Å²) < 4.78 is 17.9. The Hall–Kier alpha value is -1.95. The van der Waals surface area contributed by atoms with E-state index in [1.165, 1.54) is 12.1 Å². The molecule has 6 heteroatoms. The molecule has 104 valence electrons. The molecule has 2 unspecified atom stereocenters. The molecule has 0 saturated carbocycles. The molecule has 1 rings (SSSR count). The second kappa shape index (κ2) is 6.84. The van der Waals surface area contributed by atoms with Crippen molar-refractivity contribution in [3.8, 4) is 0 Å². The molecule has 0 saturated heterocycles. The Labute approximate surface area is 110 Å². The van der Waals surface area contributed by atoms with Gasteiger partial charge in [0.1, 0.15) is 11.9 Å². The van der Waals surface area contributed by atoms with Crippen molar-refractivity contribution in [3.63, 3.8) is 0 Å². The first kappa shape index (κ1) is 15.1. The summed E-state index contributed by atoms with van der Waals surface area (Å²) >= 11 is 0. The Kier molecular flexibility index (Phi) is 5.44. The van der Waals surface area contributed by atoms with Gasteiger partial charge in [0, 0.05) is 0 Å². The summed E-state index contributed by atoms with van der Waals surface area (Å²) in [7, 11) is 0. The third kappa shape index (κ3) is 3.75. The third-order valence-corrected chi connectivity index (χ3v) is 2.66. The van der Waals surface area contributed by atoms with Gasteiger partial charge < -0.3 is 15.2 Å². The predicted octanol–water partition coefficient (Wildman–Crippen LogP) is 0.845. The molecule has 1 aromatic rings. The highest BCUT2D eigenvalue weighted by atomic mass is 19.1. The number of benzene rings is 1. The predicted molar refractivity (Wildman–Crippen MR) is 65.7 cm³/mol. The first-order valence-corrected chi connectivity index (χ1v) is 5.81. The Morgan fingerprint density at radius 3 is 2.84 bits per heavy atom. The van der Waals surface area contributed by atoms with Crippen LogP contribution in [0.15, 0.2) is 18.2 Å². The van der Waals surface area contributed by atoms with E-state index in [4.69, 9.17) is 4.74 Å². The van der Waals surface area contributed by atoms with Crippen LogP contribution in [0.25, 0.3) is 0 Å². The molecule has 5 nitrogen and oxygen atoms in total. The van der Waals surface area contributed by atoms with Crippen molar-refractivity contribution in [2.24, 2.45) is 0 Å².